The van der Waals surface area contributed by atoms with Crippen molar-refractivity contribution in [2.24, 2.45) is 0 Å². The smallest absolute Gasteiger partial charge is 0.127 e. The van der Waals surface area contributed by atoms with Crippen molar-refractivity contribution in [3.63, 3.8) is 0 Å². The minimum absolute atomic E-state index is 0.801. The summed E-state index contributed by atoms with van der Waals surface area (Å²) in [7, 11) is 0. The van der Waals surface area contributed by atoms with Crippen LogP contribution in [0.3, 0.4) is 0 Å². The van der Waals surface area contributed by atoms with Gasteiger partial charge in [0.2, 0.25) is 0 Å². The lowest BCUT2D eigenvalue weighted by atomic mass is 10.1. The molecule has 0 unspecified atom stereocenters. The van der Waals surface area contributed by atoms with E-state index in [4.69, 9.17) is 12.2 Å². The molecule has 3 aromatic rings. The highest BCUT2D eigenvalue weighted by molar-refractivity contribution is 7.99. The summed E-state index contributed by atoms with van der Waals surface area (Å²) in [5, 5.41) is 11.9. The maximum Gasteiger partial charge on any atom is 0.127 e. The average Bonchev–Trinajstić information content (AvgIpc) is 2.68. The van der Waals surface area contributed by atoms with Gasteiger partial charge in [0, 0.05) is 45.8 Å². The number of hydrogen-bond acceptors (Lipinski definition) is 6. The van der Waals surface area contributed by atoms with Crippen LogP contribution in [0.4, 0.5) is 0 Å². The molecule has 0 aliphatic heterocycles. The first-order valence-corrected chi connectivity index (χ1v) is 9.25. The zero-order valence-corrected chi connectivity index (χ0v) is 14.9. The molecule has 1 aromatic carbocycles. The fraction of sp³-hybridized carbons (Fsp3) is 0.105. The predicted octanol–water partition coefficient (Wildman–Crippen LogP) is 4.44. The summed E-state index contributed by atoms with van der Waals surface area (Å²) >= 11 is 7.11. The van der Waals surface area contributed by atoms with Crippen LogP contribution in [0.15, 0.2) is 71.8 Å². The van der Waals surface area contributed by atoms with Crippen molar-refractivity contribution in [3.05, 3.63) is 66.8 Å². The Kier molecular flexibility index (Phi) is 4.63. The van der Waals surface area contributed by atoms with Crippen molar-refractivity contribution in [2.45, 2.75) is 11.4 Å². The van der Waals surface area contributed by atoms with Crippen LogP contribution in [0.5, 0.6) is 0 Å². The molecular weight excluding hydrogens is 348 g/mol. The minimum Gasteiger partial charge on any atom is -0.244 e. The van der Waals surface area contributed by atoms with Crippen LogP contribution in [-0.4, -0.2) is 30.8 Å². The number of thioether (sulfide) groups is 1. The van der Waals surface area contributed by atoms with E-state index in [0.717, 1.165) is 44.1 Å². The molecule has 25 heavy (non-hydrogen) atoms. The molecule has 0 fully saturated rings. The Hall–Kier alpha value is -2.44. The van der Waals surface area contributed by atoms with Gasteiger partial charge in [-0.25, -0.2) is 9.97 Å². The van der Waals surface area contributed by atoms with Crippen LogP contribution in [0.1, 0.15) is 6.42 Å². The maximum absolute atomic E-state index is 5.44. The first kappa shape index (κ1) is 16.1. The largest absolute Gasteiger partial charge is 0.244 e. The molecular formula is C19H14N4S2. The van der Waals surface area contributed by atoms with E-state index >= 15 is 0 Å². The second kappa shape index (κ2) is 7.21. The lowest BCUT2D eigenvalue weighted by molar-refractivity contribution is 0.959. The third-order valence-corrected chi connectivity index (χ3v) is 5.41. The summed E-state index contributed by atoms with van der Waals surface area (Å²) < 4.78 is 0. The summed E-state index contributed by atoms with van der Waals surface area (Å²) in [4.78, 5) is 9.17. The molecule has 0 N–H and O–H groups in total. The van der Waals surface area contributed by atoms with Crippen molar-refractivity contribution >= 4 is 39.6 Å². The Morgan fingerprint density at radius 1 is 1.04 bits per heavy atom. The molecule has 2 heterocycles. The van der Waals surface area contributed by atoms with Crippen LogP contribution < -0.4 is 0 Å². The van der Waals surface area contributed by atoms with E-state index in [9.17, 15) is 0 Å². The monoisotopic (exact) mass is 362 g/mol. The summed E-state index contributed by atoms with van der Waals surface area (Å²) in [5.41, 5.74) is 2.86. The predicted molar refractivity (Wildman–Crippen MR) is 106 cm³/mol. The highest BCUT2D eigenvalue weighted by Gasteiger charge is 2.13. The number of aromatic nitrogens is 4. The molecule has 0 radical (unpaired) electrons. The molecule has 0 bridgehead atoms. The summed E-state index contributed by atoms with van der Waals surface area (Å²) in [6.45, 7) is 0. The maximum atomic E-state index is 5.44. The van der Waals surface area contributed by atoms with Gasteiger partial charge in [0.1, 0.15) is 17.0 Å². The van der Waals surface area contributed by atoms with E-state index in [1.807, 2.05) is 12.1 Å². The van der Waals surface area contributed by atoms with Gasteiger partial charge in [-0.15, -0.1) is 10.2 Å². The van der Waals surface area contributed by atoms with E-state index in [2.05, 4.69) is 50.5 Å². The number of fused-ring (bicyclic) bond motifs is 1. The Morgan fingerprint density at radius 3 is 2.64 bits per heavy atom. The summed E-state index contributed by atoms with van der Waals surface area (Å²) in [5.74, 6) is 0.801. The number of nitrogens with zero attached hydrogens (tertiary/aromatic N) is 4. The van der Waals surface area contributed by atoms with E-state index in [-0.39, 0.29) is 0 Å². The van der Waals surface area contributed by atoms with Gasteiger partial charge in [0.05, 0.1) is 0 Å². The van der Waals surface area contributed by atoms with E-state index in [0.29, 0.717) is 0 Å². The third-order valence-electron chi connectivity index (χ3n) is 3.95. The average molecular weight is 362 g/mol. The summed E-state index contributed by atoms with van der Waals surface area (Å²) in [6, 6.07) is 8.17. The van der Waals surface area contributed by atoms with Gasteiger partial charge in [-0.2, -0.15) is 0 Å². The molecule has 4 rings (SSSR count). The number of rotatable bonds is 4. The quantitative estimate of drug-likeness (QED) is 0.505. The van der Waals surface area contributed by atoms with E-state index in [1.54, 1.807) is 24.2 Å². The van der Waals surface area contributed by atoms with Crippen LogP contribution >= 0.6 is 24.0 Å². The Morgan fingerprint density at radius 2 is 1.84 bits per heavy atom. The normalized spacial score (nSPS) is 13.9. The zero-order chi connectivity index (χ0) is 17.1. The van der Waals surface area contributed by atoms with Gasteiger partial charge in [0.25, 0.3) is 0 Å². The topological polar surface area (TPSA) is 51.6 Å². The van der Waals surface area contributed by atoms with Crippen molar-refractivity contribution in [1.29, 1.82) is 0 Å². The zero-order valence-electron chi connectivity index (χ0n) is 13.3. The fourth-order valence-corrected chi connectivity index (χ4v) is 4.00. The van der Waals surface area contributed by atoms with Gasteiger partial charge >= 0.3 is 0 Å². The number of hydrogen-bond donors (Lipinski definition) is 0. The lowest BCUT2D eigenvalue weighted by Gasteiger charge is -2.12. The molecule has 4 nitrogen and oxygen atoms in total. The van der Waals surface area contributed by atoms with Crippen LogP contribution in [0.2, 0.25) is 0 Å². The fourth-order valence-electron chi connectivity index (χ4n) is 2.68. The Bertz CT molecular complexity index is 997. The molecule has 122 valence electrons. The number of thiocarbonyl (C=S) groups is 1. The van der Waals surface area contributed by atoms with Gasteiger partial charge in [0.15, 0.2) is 0 Å². The molecule has 6 heteroatoms. The number of allylic oxidation sites excluding steroid dienone is 3. The summed E-state index contributed by atoms with van der Waals surface area (Å²) in [6.07, 6.45) is 12.1. The van der Waals surface area contributed by atoms with Crippen molar-refractivity contribution in [2.75, 3.05) is 5.75 Å². The molecule has 0 spiro atoms. The lowest BCUT2D eigenvalue weighted by Crippen LogP contribution is -2.04. The van der Waals surface area contributed by atoms with Gasteiger partial charge < -0.3 is 0 Å². The van der Waals surface area contributed by atoms with E-state index < -0.39 is 0 Å². The van der Waals surface area contributed by atoms with Crippen molar-refractivity contribution < 1.29 is 0 Å². The molecule has 0 amide bonds. The van der Waals surface area contributed by atoms with Gasteiger partial charge in [-0.05, 0) is 5.57 Å². The molecule has 0 atom stereocenters. The Balaban J connectivity index is 1.70. The molecule has 1 aliphatic carbocycles. The standard InChI is InChI=1S/C19H14N4S2/c24-17-8-4-1-5-13(17)11-25-19-16-7-3-2-6-15(16)18(22-23-19)14-9-20-12-21-10-14/h1-7,9-10,12H,8,11H2. The van der Waals surface area contributed by atoms with Crippen molar-refractivity contribution in [3.8, 4) is 11.3 Å². The second-order valence-electron chi connectivity index (χ2n) is 5.56. The van der Waals surface area contributed by atoms with Crippen LogP contribution in [0.25, 0.3) is 22.0 Å². The second-order valence-corrected chi connectivity index (χ2v) is 7.02. The van der Waals surface area contributed by atoms with Crippen molar-refractivity contribution in [1.82, 2.24) is 20.2 Å². The first-order valence-electron chi connectivity index (χ1n) is 7.85. The van der Waals surface area contributed by atoms with Gasteiger partial charge in [-0.3, -0.25) is 0 Å². The SMILES string of the molecule is S=C1CC=CC=C1CSc1nnc(-c2cncnc2)c2ccccc12. The number of benzene rings is 1. The highest BCUT2D eigenvalue weighted by Crippen LogP contribution is 2.32. The Labute approximate surface area is 155 Å². The molecule has 2 aromatic heterocycles. The minimum atomic E-state index is 0.801. The molecule has 1 aliphatic rings. The third kappa shape index (κ3) is 3.36. The van der Waals surface area contributed by atoms with Gasteiger partial charge in [-0.1, -0.05) is 66.5 Å². The van der Waals surface area contributed by atoms with E-state index in [1.165, 1.54) is 11.9 Å². The molecule has 0 saturated carbocycles. The van der Waals surface area contributed by atoms with Crippen LogP contribution in [0, 0.1) is 0 Å². The molecule has 0 saturated heterocycles. The first-order chi connectivity index (χ1) is 12.3. The highest BCUT2D eigenvalue weighted by atomic mass is 32.2. The van der Waals surface area contributed by atoms with Crippen LogP contribution in [-0.2, 0) is 0 Å².